The molecule has 0 saturated carbocycles. The van der Waals surface area contributed by atoms with Gasteiger partial charge in [-0.1, -0.05) is 32.0 Å². The van der Waals surface area contributed by atoms with E-state index in [0.717, 1.165) is 11.3 Å². The Morgan fingerprint density at radius 3 is 2.30 bits per heavy atom. The Kier molecular flexibility index (Phi) is 8.42. The molecule has 1 saturated heterocycles. The summed E-state index contributed by atoms with van der Waals surface area (Å²) in [7, 11) is 1.49. The standard InChI is InChI=1S/C31H40N4O5/c1-20(2)19-35-24-13-9-12-23(33-14-16-34(17-15-33)30(38)40-31(4,5)6)25(24)27(39-7)26(29(35)37)28(36)32-22-11-8-10-21(3)18-22/h8-13,18,20H,14-17,19H2,1-7H3,(H,32,36). The second-order valence-electron chi connectivity index (χ2n) is 11.7. The average Bonchev–Trinajstić information content (AvgIpc) is 2.88. The number of hydrogen-bond acceptors (Lipinski definition) is 6. The van der Waals surface area contributed by atoms with Gasteiger partial charge < -0.3 is 29.2 Å². The molecule has 0 unspecified atom stereocenters. The van der Waals surface area contributed by atoms with Crippen LogP contribution in [0.15, 0.2) is 47.3 Å². The third-order valence-corrected chi connectivity index (χ3v) is 6.75. The van der Waals surface area contributed by atoms with Crippen molar-refractivity contribution in [2.24, 2.45) is 5.92 Å². The van der Waals surface area contributed by atoms with Gasteiger partial charge in [-0.15, -0.1) is 0 Å². The Morgan fingerprint density at radius 1 is 1.02 bits per heavy atom. The number of nitrogens with one attached hydrogen (secondary N) is 1. The number of benzene rings is 2. The van der Waals surface area contributed by atoms with Crippen molar-refractivity contribution in [1.29, 1.82) is 0 Å². The van der Waals surface area contributed by atoms with E-state index in [4.69, 9.17) is 9.47 Å². The van der Waals surface area contributed by atoms with Gasteiger partial charge in [0.2, 0.25) is 0 Å². The van der Waals surface area contributed by atoms with Gasteiger partial charge in [-0.3, -0.25) is 9.59 Å². The minimum atomic E-state index is -0.563. The van der Waals surface area contributed by atoms with Gasteiger partial charge in [0, 0.05) is 44.1 Å². The molecule has 2 heterocycles. The molecular formula is C31H40N4O5. The third-order valence-electron chi connectivity index (χ3n) is 6.75. The van der Waals surface area contributed by atoms with Crippen LogP contribution < -0.4 is 20.5 Å². The Balaban J connectivity index is 1.79. The van der Waals surface area contributed by atoms with E-state index < -0.39 is 17.1 Å². The maximum Gasteiger partial charge on any atom is 0.410 e. The van der Waals surface area contributed by atoms with Crippen molar-refractivity contribution < 1.29 is 19.1 Å². The molecule has 0 atom stereocenters. The molecule has 2 amide bonds. The van der Waals surface area contributed by atoms with Crippen molar-refractivity contribution in [2.45, 2.75) is 53.7 Å². The number of anilines is 2. The van der Waals surface area contributed by atoms with Gasteiger partial charge in [0.15, 0.2) is 0 Å². The van der Waals surface area contributed by atoms with E-state index in [0.29, 0.717) is 49.3 Å². The van der Waals surface area contributed by atoms with Crippen LogP contribution >= 0.6 is 0 Å². The number of aromatic nitrogens is 1. The maximum absolute atomic E-state index is 13.9. The van der Waals surface area contributed by atoms with E-state index in [1.807, 2.05) is 77.9 Å². The van der Waals surface area contributed by atoms with Crippen molar-refractivity contribution in [2.75, 3.05) is 43.5 Å². The van der Waals surface area contributed by atoms with Crippen LogP contribution in [0, 0.1) is 12.8 Å². The van der Waals surface area contributed by atoms with E-state index in [-0.39, 0.29) is 23.3 Å². The largest absolute Gasteiger partial charge is 0.495 e. The smallest absolute Gasteiger partial charge is 0.410 e. The van der Waals surface area contributed by atoms with E-state index in [2.05, 4.69) is 10.2 Å². The van der Waals surface area contributed by atoms with Gasteiger partial charge >= 0.3 is 6.09 Å². The Morgan fingerprint density at radius 2 is 1.70 bits per heavy atom. The Bertz CT molecular complexity index is 1460. The first-order valence-corrected chi connectivity index (χ1v) is 13.7. The summed E-state index contributed by atoms with van der Waals surface area (Å²) in [4.78, 5) is 44.0. The predicted molar refractivity (Wildman–Crippen MR) is 159 cm³/mol. The molecule has 1 aromatic heterocycles. The van der Waals surface area contributed by atoms with Gasteiger partial charge in [-0.25, -0.2) is 4.79 Å². The van der Waals surface area contributed by atoms with Crippen LogP contribution in [0.1, 0.15) is 50.5 Å². The lowest BCUT2D eigenvalue weighted by Gasteiger charge is -2.37. The second-order valence-corrected chi connectivity index (χ2v) is 11.7. The maximum atomic E-state index is 13.9. The number of amides is 2. The molecule has 0 radical (unpaired) electrons. The average molecular weight is 549 g/mol. The topological polar surface area (TPSA) is 93.1 Å². The minimum absolute atomic E-state index is 0.0306. The number of methoxy groups -OCH3 is 1. The molecule has 1 N–H and O–H groups in total. The normalized spacial score (nSPS) is 14.0. The second kappa shape index (κ2) is 11.6. The number of rotatable bonds is 6. The molecule has 1 fully saturated rings. The van der Waals surface area contributed by atoms with Gasteiger partial charge in [0.1, 0.15) is 16.9 Å². The van der Waals surface area contributed by atoms with Crippen molar-refractivity contribution in [1.82, 2.24) is 9.47 Å². The fraction of sp³-hybridized carbons (Fsp3) is 0.452. The van der Waals surface area contributed by atoms with E-state index in [9.17, 15) is 14.4 Å². The lowest BCUT2D eigenvalue weighted by atomic mass is 10.0. The number of pyridine rings is 1. The molecule has 9 heteroatoms. The van der Waals surface area contributed by atoms with Crippen molar-refractivity contribution in [3.8, 4) is 5.75 Å². The van der Waals surface area contributed by atoms with Crippen molar-refractivity contribution >= 4 is 34.3 Å². The van der Waals surface area contributed by atoms with E-state index in [1.54, 1.807) is 15.5 Å². The van der Waals surface area contributed by atoms with Crippen LogP contribution in [-0.2, 0) is 11.3 Å². The number of fused-ring (bicyclic) bond motifs is 1. The summed E-state index contributed by atoms with van der Waals surface area (Å²) in [5.74, 6) is -0.102. The fourth-order valence-corrected chi connectivity index (χ4v) is 5.04. The number of carbonyl (C=O) groups excluding carboxylic acids is 2. The molecule has 2 aromatic carbocycles. The number of nitrogens with zero attached hydrogens (tertiary/aromatic N) is 3. The Hall–Kier alpha value is -4.01. The molecule has 4 rings (SSSR count). The third kappa shape index (κ3) is 6.24. The monoisotopic (exact) mass is 548 g/mol. The lowest BCUT2D eigenvalue weighted by molar-refractivity contribution is 0.0240. The van der Waals surface area contributed by atoms with Crippen LogP contribution in [0.25, 0.3) is 10.9 Å². The zero-order valence-electron chi connectivity index (χ0n) is 24.5. The number of hydrogen-bond donors (Lipinski definition) is 1. The molecule has 214 valence electrons. The van der Waals surface area contributed by atoms with Crippen LogP contribution in [0.5, 0.6) is 5.75 Å². The van der Waals surface area contributed by atoms with E-state index >= 15 is 0 Å². The first kappa shape index (κ1) is 29.0. The highest BCUT2D eigenvalue weighted by molar-refractivity contribution is 6.11. The highest BCUT2D eigenvalue weighted by Gasteiger charge is 2.30. The van der Waals surface area contributed by atoms with Crippen molar-refractivity contribution in [3.05, 3.63) is 63.9 Å². The van der Waals surface area contributed by atoms with Gasteiger partial charge in [-0.05, 0) is 63.4 Å². The first-order valence-electron chi connectivity index (χ1n) is 13.7. The summed E-state index contributed by atoms with van der Waals surface area (Å²) in [6.45, 7) is 14.1. The predicted octanol–water partition coefficient (Wildman–Crippen LogP) is 5.28. The molecule has 9 nitrogen and oxygen atoms in total. The Labute approximate surface area is 235 Å². The summed E-state index contributed by atoms with van der Waals surface area (Å²) >= 11 is 0. The molecule has 0 aliphatic carbocycles. The summed E-state index contributed by atoms with van der Waals surface area (Å²) in [6.07, 6.45) is -0.330. The van der Waals surface area contributed by atoms with Gasteiger partial charge in [-0.2, -0.15) is 0 Å². The minimum Gasteiger partial charge on any atom is -0.495 e. The first-order chi connectivity index (χ1) is 18.9. The number of carbonyl (C=O) groups is 2. The van der Waals surface area contributed by atoms with Crippen LogP contribution in [0.3, 0.4) is 0 Å². The van der Waals surface area contributed by atoms with Crippen LogP contribution in [0.4, 0.5) is 16.2 Å². The SMILES string of the molecule is COc1c(C(=O)Nc2cccc(C)c2)c(=O)n(CC(C)C)c2cccc(N3CCN(C(=O)OC(C)(C)C)CC3)c12. The number of aryl methyl sites for hydroxylation is 1. The summed E-state index contributed by atoms with van der Waals surface area (Å²) in [6, 6.07) is 13.2. The van der Waals surface area contributed by atoms with Gasteiger partial charge in [0.25, 0.3) is 11.5 Å². The quantitative estimate of drug-likeness (QED) is 0.450. The number of piperazine rings is 1. The lowest BCUT2D eigenvalue weighted by Crippen LogP contribution is -2.50. The molecule has 0 spiro atoms. The molecular weight excluding hydrogens is 508 g/mol. The molecule has 1 aliphatic heterocycles. The highest BCUT2D eigenvalue weighted by Crippen LogP contribution is 2.37. The van der Waals surface area contributed by atoms with Crippen molar-refractivity contribution in [3.63, 3.8) is 0 Å². The fourth-order valence-electron chi connectivity index (χ4n) is 5.04. The molecule has 3 aromatic rings. The summed E-state index contributed by atoms with van der Waals surface area (Å²) in [5, 5.41) is 3.59. The zero-order chi connectivity index (χ0) is 29.2. The van der Waals surface area contributed by atoms with Crippen LogP contribution in [-0.4, -0.2) is 60.4 Å². The van der Waals surface area contributed by atoms with Crippen LogP contribution in [0.2, 0.25) is 0 Å². The highest BCUT2D eigenvalue weighted by atomic mass is 16.6. The summed E-state index contributed by atoms with van der Waals surface area (Å²) in [5.41, 5.74) is 2.16. The van der Waals surface area contributed by atoms with E-state index in [1.165, 1.54) is 7.11 Å². The molecule has 40 heavy (non-hydrogen) atoms. The molecule has 0 bridgehead atoms. The van der Waals surface area contributed by atoms with Gasteiger partial charge in [0.05, 0.1) is 18.0 Å². The molecule has 1 aliphatic rings. The summed E-state index contributed by atoms with van der Waals surface area (Å²) < 4.78 is 13.1. The number of ether oxygens (including phenoxy) is 2. The zero-order valence-corrected chi connectivity index (χ0v) is 24.5.